The van der Waals surface area contributed by atoms with Gasteiger partial charge in [-0.2, -0.15) is 0 Å². The van der Waals surface area contributed by atoms with Gasteiger partial charge in [-0.25, -0.2) is 0 Å². The summed E-state index contributed by atoms with van der Waals surface area (Å²) in [6, 6.07) is 11.4. The van der Waals surface area contributed by atoms with E-state index in [0.717, 1.165) is 30.6 Å². The maximum atomic E-state index is 8.73. The van der Waals surface area contributed by atoms with E-state index in [4.69, 9.17) is 37.8 Å². The predicted molar refractivity (Wildman–Crippen MR) is 115 cm³/mol. The van der Waals surface area contributed by atoms with E-state index >= 15 is 0 Å². The zero-order valence-corrected chi connectivity index (χ0v) is 17.7. The first-order valence-electron chi connectivity index (χ1n) is 9.48. The maximum absolute atomic E-state index is 8.73. The molecule has 154 valence electrons. The molecule has 3 N–H and O–H groups in total. The van der Waals surface area contributed by atoms with Crippen LogP contribution in [0.1, 0.15) is 24.5 Å². The average Bonchev–Trinajstić information content (AvgIpc) is 2.67. The van der Waals surface area contributed by atoms with Crippen LogP contribution >= 0.6 is 23.2 Å². The molecule has 2 aromatic carbocycles. The van der Waals surface area contributed by atoms with Gasteiger partial charge < -0.3 is 25.2 Å². The fourth-order valence-electron chi connectivity index (χ4n) is 2.68. The largest absolute Gasteiger partial charge is 0.490 e. The molecule has 0 radical (unpaired) electrons. The second-order valence-electron chi connectivity index (χ2n) is 6.26. The van der Waals surface area contributed by atoms with Gasteiger partial charge in [0.1, 0.15) is 6.61 Å². The van der Waals surface area contributed by atoms with Crippen LogP contribution in [0.15, 0.2) is 36.4 Å². The Morgan fingerprint density at radius 1 is 0.964 bits per heavy atom. The maximum Gasteiger partial charge on any atom is 0.180 e. The predicted octanol–water partition coefficient (Wildman–Crippen LogP) is 4.03. The SMILES string of the molecule is CCOc1cc(CNCCCNCCO)cc(Cl)c1OCc1cccc(Cl)c1. The molecule has 0 amide bonds. The summed E-state index contributed by atoms with van der Waals surface area (Å²) in [5.41, 5.74) is 2.00. The molecule has 0 aromatic heterocycles. The lowest BCUT2D eigenvalue weighted by Gasteiger charge is -2.16. The van der Waals surface area contributed by atoms with Gasteiger partial charge in [-0.05, 0) is 61.8 Å². The molecular formula is C21H28Cl2N2O3. The summed E-state index contributed by atoms with van der Waals surface area (Å²) in [5, 5.41) is 16.5. The minimum Gasteiger partial charge on any atom is -0.490 e. The normalized spacial score (nSPS) is 10.9. The first-order valence-corrected chi connectivity index (χ1v) is 10.2. The van der Waals surface area contributed by atoms with Crippen molar-refractivity contribution in [2.24, 2.45) is 0 Å². The van der Waals surface area contributed by atoms with Crippen molar-refractivity contribution in [3.63, 3.8) is 0 Å². The summed E-state index contributed by atoms with van der Waals surface area (Å²) >= 11 is 12.5. The van der Waals surface area contributed by atoms with Gasteiger partial charge in [-0.1, -0.05) is 35.3 Å². The van der Waals surface area contributed by atoms with Crippen molar-refractivity contribution < 1.29 is 14.6 Å². The van der Waals surface area contributed by atoms with Crippen LogP contribution in [0.25, 0.3) is 0 Å². The van der Waals surface area contributed by atoms with Gasteiger partial charge in [0, 0.05) is 18.1 Å². The monoisotopic (exact) mass is 426 g/mol. The fourth-order valence-corrected chi connectivity index (χ4v) is 3.18. The third-order valence-electron chi connectivity index (χ3n) is 3.97. The highest BCUT2D eigenvalue weighted by atomic mass is 35.5. The van der Waals surface area contributed by atoms with Crippen molar-refractivity contribution in [3.8, 4) is 11.5 Å². The lowest BCUT2D eigenvalue weighted by atomic mass is 10.2. The van der Waals surface area contributed by atoms with Crippen LogP contribution in [0.2, 0.25) is 10.0 Å². The summed E-state index contributed by atoms with van der Waals surface area (Å²) in [7, 11) is 0. The Bertz CT molecular complexity index is 729. The third kappa shape index (κ3) is 7.86. The number of hydrogen-bond acceptors (Lipinski definition) is 5. The van der Waals surface area contributed by atoms with Gasteiger partial charge in [-0.3, -0.25) is 0 Å². The van der Waals surface area contributed by atoms with Crippen molar-refractivity contribution in [2.75, 3.05) is 32.8 Å². The Hall–Kier alpha value is -1.50. The van der Waals surface area contributed by atoms with Crippen molar-refractivity contribution in [1.82, 2.24) is 10.6 Å². The minimum absolute atomic E-state index is 0.165. The molecule has 0 unspecified atom stereocenters. The highest BCUT2D eigenvalue weighted by Crippen LogP contribution is 2.37. The van der Waals surface area contributed by atoms with E-state index in [-0.39, 0.29) is 6.61 Å². The molecule has 0 aliphatic heterocycles. The van der Waals surface area contributed by atoms with Gasteiger partial charge in [0.15, 0.2) is 11.5 Å². The molecule has 0 saturated carbocycles. The molecule has 5 nitrogen and oxygen atoms in total. The first kappa shape index (κ1) is 22.8. The molecule has 0 heterocycles. The Morgan fingerprint density at radius 3 is 2.54 bits per heavy atom. The lowest BCUT2D eigenvalue weighted by molar-refractivity contribution is 0.269. The molecular weight excluding hydrogens is 399 g/mol. The molecule has 0 bridgehead atoms. The second kappa shape index (κ2) is 12.9. The fraction of sp³-hybridized carbons (Fsp3) is 0.429. The molecule has 0 spiro atoms. The van der Waals surface area contributed by atoms with E-state index in [1.807, 2.05) is 43.3 Å². The summed E-state index contributed by atoms with van der Waals surface area (Å²) in [4.78, 5) is 0. The van der Waals surface area contributed by atoms with E-state index < -0.39 is 0 Å². The number of aliphatic hydroxyl groups excluding tert-OH is 1. The van der Waals surface area contributed by atoms with Crippen LogP contribution in [-0.4, -0.2) is 38.0 Å². The van der Waals surface area contributed by atoms with E-state index in [1.165, 1.54) is 0 Å². The number of nitrogens with one attached hydrogen (secondary N) is 2. The highest BCUT2D eigenvalue weighted by Gasteiger charge is 2.13. The van der Waals surface area contributed by atoms with Gasteiger partial charge in [0.2, 0.25) is 0 Å². The topological polar surface area (TPSA) is 62.8 Å². The Kier molecular flexibility index (Phi) is 10.5. The molecule has 0 aliphatic rings. The standard InChI is InChI=1S/C21H28Cl2N2O3/c1-2-27-20-13-17(14-25-8-4-7-24-9-10-26)12-19(23)21(20)28-15-16-5-3-6-18(22)11-16/h3,5-6,11-13,24-26H,2,4,7-10,14-15H2,1H3. The van der Waals surface area contributed by atoms with E-state index in [2.05, 4.69) is 10.6 Å². The number of aliphatic hydroxyl groups is 1. The number of rotatable bonds is 13. The molecule has 2 rings (SSSR count). The summed E-state index contributed by atoms with van der Waals surface area (Å²) in [6.45, 7) is 6.03. The van der Waals surface area contributed by atoms with Gasteiger partial charge in [0.05, 0.1) is 18.2 Å². The average molecular weight is 427 g/mol. The summed E-state index contributed by atoms with van der Waals surface area (Å²) < 4.78 is 11.7. The molecule has 0 fully saturated rings. The van der Waals surface area contributed by atoms with E-state index in [9.17, 15) is 0 Å². The van der Waals surface area contributed by atoms with E-state index in [0.29, 0.717) is 47.8 Å². The van der Waals surface area contributed by atoms with Crippen LogP contribution in [0.3, 0.4) is 0 Å². The van der Waals surface area contributed by atoms with Gasteiger partial charge >= 0.3 is 0 Å². The Morgan fingerprint density at radius 2 is 1.79 bits per heavy atom. The molecule has 2 aromatic rings. The van der Waals surface area contributed by atoms with Crippen molar-refractivity contribution in [2.45, 2.75) is 26.5 Å². The molecule has 0 saturated heterocycles. The summed E-state index contributed by atoms with van der Waals surface area (Å²) in [6.07, 6.45) is 0.979. The van der Waals surface area contributed by atoms with Gasteiger partial charge in [0.25, 0.3) is 0 Å². The first-order chi connectivity index (χ1) is 13.6. The summed E-state index contributed by atoms with van der Waals surface area (Å²) in [5.74, 6) is 1.18. The smallest absolute Gasteiger partial charge is 0.180 e. The molecule has 7 heteroatoms. The van der Waals surface area contributed by atoms with Crippen LogP contribution in [0.4, 0.5) is 0 Å². The Balaban J connectivity index is 1.94. The van der Waals surface area contributed by atoms with Crippen molar-refractivity contribution >= 4 is 23.2 Å². The zero-order chi connectivity index (χ0) is 20.2. The van der Waals surface area contributed by atoms with Crippen LogP contribution in [0, 0.1) is 0 Å². The highest BCUT2D eigenvalue weighted by molar-refractivity contribution is 6.32. The second-order valence-corrected chi connectivity index (χ2v) is 7.10. The Labute approximate surface area is 177 Å². The third-order valence-corrected chi connectivity index (χ3v) is 4.48. The number of halogens is 2. The zero-order valence-electron chi connectivity index (χ0n) is 16.1. The van der Waals surface area contributed by atoms with Gasteiger partial charge in [-0.15, -0.1) is 0 Å². The van der Waals surface area contributed by atoms with Crippen molar-refractivity contribution in [1.29, 1.82) is 0 Å². The van der Waals surface area contributed by atoms with Crippen LogP contribution in [-0.2, 0) is 13.2 Å². The molecule has 0 aliphatic carbocycles. The lowest BCUT2D eigenvalue weighted by Crippen LogP contribution is -2.23. The minimum atomic E-state index is 0.165. The number of benzene rings is 2. The van der Waals surface area contributed by atoms with Crippen LogP contribution < -0.4 is 20.1 Å². The number of ether oxygens (including phenoxy) is 2. The molecule has 28 heavy (non-hydrogen) atoms. The van der Waals surface area contributed by atoms with E-state index in [1.54, 1.807) is 0 Å². The number of hydrogen-bond donors (Lipinski definition) is 3. The quantitative estimate of drug-likeness (QED) is 0.422. The van der Waals surface area contributed by atoms with Crippen LogP contribution in [0.5, 0.6) is 11.5 Å². The molecule has 0 atom stereocenters. The van der Waals surface area contributed by atoms with Crippen molar-refractivity contribution in [3.05, 3.63) is 57.6 Å².